The van der Waals surface area contributed by atoms with E-state index in [4.69, 9.17) is 0 Å². The fourth-order valence-corrected chi connectivity index (χ4v) is 2.75. The van der Waals surface area contributed by atoms with Crippen LogP contribution in [0.5, 0.6) is 5.75 Å². The third-order valence-corrected chi connectivity index (χ3v) is 3.95. The lowest BCUT2D eigenvalue weighted by molar-refractivity contribution is 0.477. The molecular formula is C11H13N3O3S. The van der Waals surface area contributed by atoms with Gasteiger partial charge in [-0.3, -0.25) is 9.82 Å². The topological polar surface area (TPSA) is 95.1 Å². The number of hydrogen-bond acceptors (Lipinski definition) is 4. The van der Waals surface area contributed by atoms with Gasteiger partial charge in [-0.05, 0) is 31.5 Å². The molecule has 0 atom stereocenters. The first-order valence-electron chi connectivity index (χ1n) is 5.22. The molecule has 0 aliphatic rings. The van der Waals surface area contributed by atoms with E-state index in [1.807, 2.05) is 0 Å². The van der Waals surface area contributed by atoms with Crippen LogP contribution in [0.1, 0.15) is 11.3 Å². The average Bonchev–Trinajstić information content (AvgIpc) is 2.70. The number of aromatic hydroxyl groups is 1. The molecule has 7 heteroatoms. The Morgan fingerprint density at radius 1 is 1.33 bits per heavy atom. The Bertz CT molecular complexity index is 677. The maximum absolute atomic E-state index is 12.1. The van der Waals surface area contributed by atoms with Gasteiger partial charge in [0, 0.05) is 0 Å². The monoisotopic (exact) mass is 267 g/mol. The fraction of sp³-hybridized carbons (Fsp3) is 0.182. The summed E-state index contributed by atoms with van der Waals surface area (Å²) in [4.78, 5) is 0.0587. The van der Waals surface area contributed by atoms with Gasteiger partial charge in [0.2, 0.25) is 0 Å². The number of phenolic OH excluding ortho intramolecular Hbond substituents is 1. The summed E-state index contributed by atoms with van der Waals surface area (Å²) in [5, 5.41) is 15.8. The van der Waals surface area contributed by atoms with Gasteiger partial charge in [0.25, 0.3) is 10.0 Å². The van der Waals surface area contributed by atoms with Crippen molar-refractivity contribution >= 4 is 15.7 Å². The molecule has 0 saturated heterocycles. The van der Waals surface area contributed by atoms with E-state index in [-0.39, 0.29) is 16.3 Å². The second-order valence-electron chi connectivity index (χ2n) is 3.99. The predicted octanol–water partition coefficient (Wildman–Crippen LogP) is 1.53. The number of aromatic nitrogens is 2. The molecule has 0 bridgehead atoms. The number of hydrogen-bond donors (Lipinski definition) is 3. The van der Waals surface area contributed by atoms with Gasteiger partial charge in [0.05, 0.1) is 17.6 Å². The SMILES string of the molecule is Cc1ccc(O)c(NS(=O)(=O)c2cn[nH]c2C)c1. The Morgan fingerprint density at radius 2 is 2.06 bits per heavy atom. The van der Waals surface area contributed by atoms with Crippen LogP contribution in [0.25, 0.3) is 0 Å². The van der Waals surface area contributed by atoms with Gasteiger partial charge in [-0.25, -0.2) is 8.42 Å². The van der Waals surface area contributed by atoms with Crippen LogP contribution in [0, 0.1) is 13.8 Å². The van der Waals surface area contributed by atoms with Crippen molar-refractivity contribution in [1.29, 1.82) is 0 Å². The second-order valence-corrected chi connectivity index (χ2v) is 5.64. The Hall–Kier alpha value is -2.02. The summed E-state index contributed by atoms with van der Waals surface area (Å²) in [6, 6.07) is 4.69. The second kappa shape index (κ2) is 4.34. The van der Waals surface area contributed by atoms with Crippen molar-refractivity contribution in [2.75, 3.05) is 4.72 Å². The molecule has 0 aliphatic heterocycles. The molecule has 3 N–H and O–H groups in total. The van der Waals surface area contributed by atoms with Crippen molar-refractivity contribution in [2.24, 2.45) is 0 Å². The van der Waals surface area contributed by atoms with E-state index in [0.717, 1.165) is 5.56 Å². The van der Waals surface area contributed by atoms with Gasteiger partial charge in [-0.15, -0.1) is 0 Å². The lowest BCUT2D eigenvalue weighted by Crippen LogP contribution is -2.13. The van der Waals surface area contributed by atoms with Crippen molar-refractivity contribution < 1.29 is 13.5 Å². The molecule has 1 aromatic carbocycles. The molecule has 6 nitrogen and oxygen atoms in total. The molecule has 0 amide bonds. The van der Waals surface area contributed by atoms with Crippen molar-refractivity contribution in [3.63, 3.8) is 0 Å². The summed E-state index contributed by atoms with van der Waals surface area (Å²) in [6.07, 6.45) is 1.23. The lowest BCUT2D eigenvalue weighted by atomic mass is 10.2. The fourth-order valence-electron chi connectivity index (χ4n) is 1.54. The highest BCUT2D eigenvalue weighted by Gasteiger charge is 2.19. The number of nitrogens with one attached hydrogen (secondary N) is 2. The van der Waals surface area contributed by atoms with Crippen LogP contribution < -0.4 is 4.72 Å². The molecule has 0 unspecified atom stereocenters. The quantitative estimate of drug-likeness (QED) is 0.735. The number of phenols is 1. The van der Waals surface area contributed by atoms with Gasteiger partial charge in [-0.2, -0.15) is 5.10 Å². The summed E-state index contributed by atoms with van der Waals surface area (Å²) in [6.45, 7) is 3.41. The van der Waals surface area contributed by atoms with Crippen LogP contribution >= 0.6 is 0 Å². The molecule has 0 radical (unpaired) electrons. The van der Waals surface area contributed by atoms with E-state index in [1.54, 1.807) is 26.0 Å². The molecular weight excluding hydrogens is 254 g/mol. The normalized spacial score (nSPS) is 11.4. The first kappa shape index (κ1) is 12.4. The number of nitrogens with zero attached hydrogens (tertiary/aromatic N) is 1. The maximum atomic E-state index is 12.1. The largest absolute Gasteiger partial charge is 0.506 e. The summed E-state index contributed by atoms with van der Waals surface area (Å²) >= 11 is 0. The van der Waals surface area contributed by atoms with E-state index < -0.39 is 10.0 Å². The Balaban J connectivity index is 2.40. The summed E-state index contributed by atoms with van der Waals surface area (Å²) in [5.74, 6) is -0.120. The van der Waals surface area contributed by atoms with Gasteiger partial charge in [-0.1, -0.05) is 6.07 Å². The zero-order chi connectivity index (χ0) is 13.3. The molecule has 0 fully saturated rings. The zero-order valence-electron chi connectivity index (χ0n) is 9.93. The Labute approximate surface area is 105 Å². The minimum Gasteiger partial charge on any atom is -0.506 e. The average molecular weight is 267 g/mol. The third-order valence-electron chi connectivity index (χ3n) is 2.47. The molecule has 18 heavy (non-hydrogen) atoms. The van der Waals surface area contributed by atoms with E-state index in [1.165, 1.54) is 12.3 Å². The number of sulfonamides is 1. The van der Waals surface area contributed by atoms with Gasteiger partial charge in [0.15, 0.2) is 0 Å². The number of aromatic amines is 1. The predicted molar refractivity (Wildman–Crippen MR) is 67.0 cm³/mol. The highest BCUT2D eigenvalue weighted by molar-refractivity contribution is 7.92. The number of rotatable bonds is 3. The zero-order valence-corrected chi connectivity index (χ0v) is 10.7. The first-order chi connectivity index (χ1) is 8.40. The number of aryl methyl sites for hydroxylation is 2. The molecule has 0 saturated carbocycles. The van der Waals surface area contributed by atoms with Crippen molar-refractivity contribution in [3.05, 3.63) is 35.7 Å². The van der Waals surface area contributed by atoms with E-state index in [0.29, 0.717) is 5.69 Å². The molecule has 2 aromatic rings. The van der Waals surface area contributed by atoms with Crippen LogP contribution in [0.3, 0.4) is 0 Å². The molecule has 2 rings (SSSR count). The number of H-pyrrole nitrogens is 1. The summed E-state index contributed by atoms with van der Waals surface area (Å²) < 4.78 is 26.5. The molecule has 0 aliphatic carbocycles. The highest BCUT2D eigenvalue weighted by atomic mass is 32.2. The van der Waals surface area contributed by atoms with Crippen molar-refractivity contribution in [3.8, 4) is 5.75 Å². The smallest absolute Gasteiger partial charge is 0.265 e. The number of benzene rings is 1. The molecule has 96 valence electrons. The van der Waals surface area contributed by atoms with Crippen LogP contribution in [0.2, 0.25) is 0 Å². The third kappa shape index (κ3) is 2.30. The summed E-state index contributed by atoms with van der Waals surface area (Å²) in [7, 11) is -3.74. The highest BCUT2D eigenvalue weighted by Crippen LogP contribution is 2.27. The van der Waals surface area contributed by atoms with Crippen molar-refractivity contribution in [2.45, 2.75) is 18.7 Å². The van der Waals surface area contributed by atoms with E-state index in [9.17, 15) is 13.5 Å². The van der Waals surface area contributed by atoms with Crippen molar-refractivity contribution in [1.82, 2.24) is 10.2 Å². The Kier molecular flexibility index (Phi) is 3.00. The minimum atomic E-state index is -3.74. The van der Waals surface area contributed by atoms with E-state index in [2.05, 4.69) is 14.9 Å². The van der Waals surface area contributed by atoms with Crippen LogP contribution in [0.4, 0.5) is 5.69 Å². The van der Waals surface area contributed by atoms with E-state index >= 15 is 0 Å². The Morgan fingerprint density at radius 3 is 2.67 bits per heavy atom. The molecule has 0 spiro atoms. The van der Waals surface area contributed by atoms with Crippen LogP contribution in [-0.4, -0.2) is 23.7 Å². The number of anilines is 1. The van der Waals surface area contributed by atoms with Gasteiger partial charge in [0.1, 0.15) is 10.6 Å². The van der Waals surface area contributed by atoms with Gasteiger partial charge < -0.3 is 5.11 Å². The van der Waals surface area contributed by atoms with Gasteiger partial charge >= 0.3 is 0 Å². The molecule has 1 aromatic heterocycles. The maximum Gasteiger partial charge on any atom is 0.265 e. The molecule has 1 heterocycles. The van der Waals surface area contributed by atoms with Crippen LogP contribution in [0.15, 0.2) is 29.3 Å². The van der Waals surface area contributed by atoms with Crippen LogP contribution in [-0.2, 0) is 10.0 Å². The standard InChI is InChI=1S/C11H13N3O3S/c1-7-3-4-10(15)9(5-7)14-18(16,17)11-6-12-13-8(11)2/h3-6,14-15H,1-2H3,(H,12,13). The lowest BCUT2D eigenvalue weighted by Gasteiger charge is -2.09. The first-order valence-corrected chi connectivity index (χ1v) is 6.71. The minimum absolute atomic E-state index is 0.0587. The summed E-state index contributed by atoms with van der Waals surface area (Å²) in [5.41, 5.74) is 1.43.